The van der Waals surface area contributed by atoms with Gasteiger partial charge >= 0.3 is 0 Å². The maximum atomic E-state index is 11.2. The largest absolute Gasteiger partial charge is 0.459 e. The molecule has 0 saturated heterocycles. The molecule has 1 aromatic rings. The number of nitrogens with zero attached hydrogens (tertiary/aromatic N) is 2. The Bertz CT molecular complexity index is 290. The number of rotatable bonds is 3. The van der Waals surface area contributed by atoms with Crippen LogP contribution in [0.15, 0.2) is 27.9 Å². The average molecular weight is 181 g/mol. The van der Waals surface area contributed by atoms with Crippen LogP contribution in [0.1, 0.15) is 10.6 Å². The van der Waals surface area contributed by atoms with Crippen LogP contribution in [0, 0.1) is 0 Å². The van der Waals surface area contributed by atoms with E-state index in [-0.39, 0.29) is 11.7 Å². The van der Waals surface area contributed by atoms with Gasteiger partial charge in [0.1, 0.15) is 6.34 Å². The summed E-state index contributed by atoms with van der Waals surface area (Å²) in [6.07, 6.45) is 2.75. The molecular weight excluding hydrogens is 170 g/mol. The summed E-state index contributed by atoms with van der Waals surface area (Å²) in [5, 5.41) is 7.83. The van der Waals surface area contributed by atoms with Gasteiger partial charge in [-0.05, 0) is 12.1 Å². The lowest BCUT2D eigenvalue weighted by molar-refractivity contribution is 0.0951. The van der Waals surface area contributed by atoms with Crippen LogP contribution in [0.4, 0.5) is 0 Å². The van der Waals surface area contributed by atoms with Crippen LogP contribution in [0.2, 0.25) is 0 Å². The molecule has 0 unspecified atom stereocenters. The average Bonchev–Trinajstić information content (AvgIpc) is 2.55. The van der Waals surface area contributed by atoms with Gasteiger partial charge in [-0.1, -0.05) is 0 Å². The van der Waals surface area contributed by atoms with Gasteiger partial charge in [-0.3, -0.25) is 4.79 Å². The molecule has 0 fully saturated rings. The summed E-state index contributed by atoms with van der Waals surface area (Å²) < 4.78 is 4.87. The van der Waals surface area contributed by atoms with E-state index in [4.69, 9.17) is 4.42 Å². The maximum Gasteiger partial charge on any atom is 0.292 e. The Morgan fingerprint density at radius 1 is 1.69 bits per heavy atom. The molecule has 0 radical (unpaired) electrons. The second-order valence-electron chi connectivity index (χ2n) is 2.54. The highest BCUT2D eigenvalue weighted by Crippen LogP contribution is 1.97. The Morgan fingerprint density at radius 2 is 2.46 bits per heavy atom. The highest BCUT2D eigenvalue weighted by molar-refractivity contribution is 5.98. The van der Waals surface area contributed by atoms with Gasteiger partial charge in [-0.25, -0.2) is 0 Å². The van der Waals surface area contributed by atoms with Crippen LogP contribution in [0.25, 0.3) is 0 Å². The third kappa shape index (κ3) is 2.98. The SMILES string of the molecule is CN(C)/N=C/NC(=O)c1ccco1. The maximum absolute atomic E-state index is 11.2. The van der Waals surface area contributed by atoms with Crippen molar-refractivity contribution < 1.29 is 9.21 Å². The number of furan rings is 1. The number of hydrogen-bond acceptors (Lipinski definition) is 4. The van der Waals surface area contributed by atoms with Gasteiger partial charge in [0.2, 0.25) is 0 Å². The predicted molar refractivity (Wildman–Crippen MR) is 48.4 cm³/mol. The third-order valence-corrected chi connectivity index (χ3v) is 1.23. The van der Waals surface area contributed by atoms with Gasteiger partial charge in [0.05, 0.1) is 6.26 Å². The summed E-state index contributed by atoms with van der Waals surface area (Å²) in [4.78, 5) is 11.2. The fraction of sp³-hybridized carbons (Fsp3) is 0.250. The Labute approximate surface area is 76.0 Å². The lowest BCUT2D eigenvalue weighted by Gasteiger charge is -2.01. The smallest absolute Gasteiger partial charge is 0.292 e. The molecule has 70 valence electrons. The van der Waals surface area contributed by atoms with Crippen LogP contribution < -0.4 is 5.32 Å². The Hall–Kier alpha value is -1.78. The molecule has 0 saturated carbocycles. The minimum atomic E-state index is -0.310. The minimum Gasteiger partial charge on any atom is -0.459 e. The summed E-state index contributed by atoms with van der Waals surface area (Å²) in [5.74, 6) is -0.0409. The van der Waals surface area contributed by atoms with Gasteiger partial charge < -0.3 is 14.7 Å². The summed E-state index contributed by atoms with van der Waals surface area (Å²) in [6.45, 7) is 0. The van der Waals surface area contributed by atoms with E-state index >= 15 is 0 Å². The number of amides is 1. The van der Waals surface area contributed by atoms with Gasteiger partial charge in [0.15, 0.2) is 5.76 Å². The monoisotopic (exact) mass is 181 g/mol. The van der Waals surface area contributed by atoms with Crippen molar-refractivity contribution in [3.05, 3.63) is 24.2 Å². The van der Waals surface area contributed by atoms with Crippen LogP contribution in [-0.4, -0.2) is 31.3 Å². The second kappa shape index (κ2) is 4.30. The fourth-order valence-corrected chi connectivity index (χ4v) is 0.682. The first-order valence-corrected chi connectivity index (χ1v) is 3.74. The van der Waals surface area contributed by atoms with Crippen molar-refractivity contribution in [2.75, 3.05) is 14.1 Å². The molecule has 0 aliphatic heterocycles. The van der Waals surface area contributed by atoms with Gasteiger partial charge in [-0.2, -0.15) is 5.10 Å². The molecule has 1 aromatic heterocycles. The quantitative estimate of drug-likeness (QED) is 0.420. The van der Waals surface area contributed by atoms with E-state index in [9.17, 15) is 4.79 Å². The summed E-state index contributed by atoms with van der Waals surface area (Å²) in [5.41, 5.74) is 0. The number of nitrogens with one attached hydrogen (secondary N) is 1. The molecule has 0 bridgehead atoms. The van der Waals surface area contributed by atoms with Gasteiger partial charge in [-0.15, -0.1) is 0 Å². The molecule has 13 heavy (non-hydrogen) atoms. The molecule has 5 heteroatoms. The van der Waals surface area contributed by atoms with E-state index in [1.54, 1.807) is 31.2 Å². The molecule has 0 atom stereocenters. The fourth-order valence-electron chi connectivity index (χ4n) is 0.682. The zero-order valence-electron chi connectivity index (χ0n) is 7.52. The number of carbonyl (C=O) groups excluding carboxylic acids is 1. The Kier molecular flexibility index (Phi) is 3.08. The molecule has 1 amide bonds. The third-order valence-electron chi connectivity index (χ3n) is 1.23. The molecule has 0 aliphatic rings. The van der Waals surface area contributed by atoms with Crippen molar-refractivity contribution in [1.82, 2.24) is 10.3 Å². The summed E-state index contributed by atoms with van der Waals surface area (Å²) in [7, 11) is 3.52. The zero-order chi connectivity index (χ0) is 9.68. The molecule has 0 aliphatic carbocycles. The standard InChI is InChI=1S/C8H11N3O2/c1-11(2)10-6-9-8(12)7-4-3-5-13-7/h3-6H,1-2H3,(H,9,10,12). The van der Waals surface area contributed by atoms with E-state index in [0.717, 1.165) is 0 Å². The Balaban J connectivity index is 2.43. The normalized spacial score (nSPS) is 10.3. The van der Waals surface area contributed by atoms with Gasteiger partial charge in [0, 0.05) is 14.1 Å². The zero-order valence-corrected chi connectivity index (χ0v) is 7.52. The van der Waals surface area contributed by atoms with Crippen molar-refractivity contribution >= 4 is 12.2 Å². The highest BCUT2D eigenvalue weighted by atomic mass is 16.3. The number of carbonyl (C=O) groups is 1. The molecule has 1 rings (SSSR count). The first kappa shape index (κ1) is 9.31. The highest BCUT2D eigenvalue weighted by Gasteiger charge is 2.04. The molecule has 1 N–H and O–H groups in total. The predicted octanol–water partition coefficient (Wildman–Crippen LogP) is 0.514. The molecule has 0 spiro atoms. The first-order chi connectivity index (χ1) is 6.20. The first-order valence-electron chi connectivity index (χ1n) is 3.74. The molecule has 5 nitrogen and oxygen atoms in total. The number of hydrazone groups is 1. The van der Waals surface area contributed by atoms with E-state index in [1.165, 1.54) is 12.6 Å². The lowest BCUT2D eigenvalue weighted by atomic mass is 10.4. The van der Waals surface area contributed by atoms with E-state index < -0.39 is 0 Å². The molecule has 1 heterocycles. The molecule has 0 aromatic carbocycles. The van der Waals surface area contributed by atoms with Crippen molar-refractivity contribution in [2.45, 2.75) is 0 Å². The molecular formula is C8H11N3O2. The van der Waals surface area contributed by atoms with Gasteiger partial charge in [0.25, 0.3) is 5.91 Å². The van der Waals surface area contributed by atoms with E-state index in [2.05, 4.69) is 10.4 Å². The lowest BCUT2D eigenvalue weighted by Crippen LogP contribution is -2.22. The second-order valence-corrected chi connectivity index (χ2v) is 2.54. The van der Waals surface area contributed by atoms with E-state index in [1.807, 2.05) is 0 Å². The van der Waals surface area contributed by atoms with Crippen LogP contribution >= 0.6 is 0 Å². The van der Waals surface area contributed by atoms with Crippen molar-refractivity contribution in [3.63, 3.8) is 0 Å². The van der Waals surface area contributed by atoms with Crippen LogP contribution in [-0.2, 0) is 0 Å². The summed E-state index contributed by atoms with van der Waals surface area (Å²) in [6, 6.07) is 3.23. The van der Waals surface area contributed by atoms with Crippen LogP contribution in [0.3, 0.4) is 0 Å². The van der Waals surface area contributed by atoms with Crippen LogP contribution in [0.5, 0.6) is 0 Å². The van der Waals surface area contributed by atoms with Crippen molar-refractivity contribution in [1.29, 1.82) is 0 Å². The number of hydrogen-bond donors (Lipinski definition) is 1. The van der Waals surface area contributed by atoms with E-state index in [0.29, 0.717) is 0 Å². The topological polar surface area (TPSA) is 57.8 Å². The van der Waals surface area contributed by atoms with Crippen molar-refractivity contribution in [2.24, 2.45) is 5.10 Å². The van der Waals surface area contributed by atoms with Crippen molar-refractivity contribution in [3.8, 4) is 0 Å². The minimum absolute atomic E-state index is 0.269. The Morgan fingerprint density at radius 3 is 3.00 bits per heavy atom. The summed E-state index contributed by atoms with van der Waals surface area (Å²) >= 11 is 0.